The summed E-state index contributed by atoms with van der Waals surface area (Å²) in [5, 5.41) is 3.54. The molecule has 3 aromatic rings. The molecule has 160 valence electrons. The number of rotatable bonds is 9. The van der Waals surface area contributed by atoms with Crippen molar-refractivity contribution in [2.45, 2.75) is 26.1 Å². The normalized spacial score (nSPS) is 11.4. The van der Waals surface area contributed by atoms with Gasteiger partial charge >= 0.3 is 0 Å². The van der Waals surface area contributed by atoms with Crippen LogP contribution < -0.4 is 10.1 Å². The van der Waals surface area contributed by atoms with Gasteiger partial charge in [-0.25, -0.2) is 0 Å². The van der Waals surface area contributed by atoms with Crippen molar-refractivity contribution in [2.24, 2.45) is 0 Å². The number of hydrogen-bond acceptors (Lipinski definition) is 3. The van der Waals surface area contributed by atoms with Crippen LogP contribution in [-0.4, -0.2) is 29.4 Å². The predicted molar refractivity (Wildman–Crippen MR) is 122 cm³/mol. The van der Waals surface area contributed by atoms with Crippen LogP contribution >= 0.6 is 11.6 Å². The number of ether oxygens (including phenoxy) is 1. The van der Waals surface area contributed by atoms with Gasteiger partial charge in [-0.3, -0.25) is 9.59 Å². The molecule has 2 amide bonds. The smallest absolute Gasteiger partial charge is 0.261 e. The maximum absolute atomic E-state index is 13.0. The van der Waals surface area contributed by atoms with Gasteiger partial charge < -0.3 is 15.0 Å². The molecular weight excluding hydrogens is 412 g/mol. The lowest BCUT2D eigenvalue weighted by atomic mass is 10.1. The lowest BCUT2D eigenvalue weighted by Crippen LogP contribution is -2.48. The van der Waals surface area contributed by atoms with Gasteiger partial charge in [-0.15, -0.1) is 0 Å². The Morgan fingerprint density at radius 3 is 2.16 bits per heavy atom. The zero-order chi connectivity index (χ0) is 22.1. The first-order valence-corrected chi connectivity index (χ1v) is 10.4. The molecule has 0 spiro atoms. The van der Waals surface area contributed by atoms with Crippen molar-refractivity contribution < 1.29 is 14.3 Å². The Kier molecular flexibility index (Phi) is 8.07. The van der Waals surface area contributed by atoms with E-state index in [1.807, 2.05) is 60.7 Å². The van der Waals surface area contributed by atoms with Crippen LogP contribution in [0.15, 0.2) is 84.9 Å². The van der Waals surface area contributed by atoms with Crippen molar-refractivity contribution in [3.05, 3.63) is 101 Å². The number of nitrogens with one attached hydrogen (secondary N) is 1. The van der Waals surface area contributed by atoms with Gasteiger partial charge in [-0.1, -0.05) is 72.3 Å². The summed E-state index contributed by atoms with van der Waals surface area (Å²) < 4.78 is 5.62. The minimum absolute atomic E-state index is 0.147. The maximum atomic E-state index is 13.0. The van der Waals surface area contributed by atoms with Gasteiger partial charge in [-0.2, -0.15) is 0 Å². The van der Waals surface area contributed by atoms with Crippen molar-refractivity contribution in [1.82, 2.24) is 10.2 Å². The fourth-order valence-corrected chi connectivity index (χ4v) is 3.17. The number of carbonyl (C=O) groups excluding carboxylic acids is 2. The summed E-state index contributed by atoms with van der Waals surface area (Å²) in [6.07, 6.45) is 0. The molecule has 0 unspecified atom stereocenters. The van der Waals surface area contributed by atoms with Crippen LogP contribution in [0.3, 0.4) is 0 Å². The summed E-state index contributed by atoms with van der Waals surface area (Å²) in [7, 11) is 0. The highest BCUT2D eigenvalue weighted by molar-refractivity contribution is 6.30. The topological polar surface area (TPSA) is 58.6 Å². The largest absolute Gasteiger partial charge is 0.484 e. The molecule has 1 N–H and O–H groups in total. The van der Waals surface area contributed by atoms with Gasteiger partial charge in [-0.05, 0) is 42.3 Å². The number of amides is 2. The average Bonchev–Trinajstić information content (AvgIpc) is 2.81. The minimum Gasteiger partial charge on any atom is -0.484 e. The summed E-state index contributed by atoms with van der Waals surface area (Å²) in [4.78, 5) is 27.3. The third-order valence-electron chi connectivity index (χ3n) is 4.85. The average molecular weight is 437 g/mol. The highest BCUT2D eigenvalue weighted by Crippen LogP contribution is 2.13. The third-order valence-corrected chi connectivity index (χ3v) is 5.10. The molecule has 3 rings (SSSR count). The molecule has 0 aliphatic rings. The van der Waals surface area contributed by atoms with Crippen LogP contribution in [0.2, 0.25) is 5.02 Å². The predicted octanol–water partition coefficient (Wildman–Crippen LogP) is 4.45. The van der Waals surface area contributed by atoms with Crippen LogP contribution in [0.1, 0.15) is 18.1 Å². The number of hydrogen-bond donors (Lipinski definition) is 1. The zero-order valence-corrected chi connectivity index (χ0v) is 18.1. The van der Waals surface area contributed by atoms with E-state index < -0.39 is 6.04 Å². The molecule has 0 saturated carbocycles. The molecule has 31 heavy (non-hydrogen) atoms. The standard InChI is InChI=1S/C25H25ClN2O3/c1-19(25(30)27-16-20-12-14-22(26)15-13-20)28(17-21-8-4-2-5-9-21)24(29)18-31-23-10-6-3-7-11-23/h2-15,19H,16-18H2,1H3,(H,27,30)/t19-/m0/s1. The second-order valence-electron chi connectivity index (χ2n) is 7.13. The fourth-order valence-electron chi connectivity index (χ4n) is 3.05. The lowest BCUT2D eigenvalue weighted by Gasteiger charge is -2.28. The summed E-state index contributed by atoms with van der Waals surface area (Å²) in [6.45, 7) is 2.24. The van der Waals surface area contributed by atoms with Crippen LogP contribution in [0.5, 0.6) is 5.75 Å². The molecule has 1 atom stereocenters. The highest BCUT2D eigenvalue weighted by Gasteiger charge is 2.26. The van der Waals surface area contributed by atoms with Crippen molar-refractivity contribution in [3.63, 3.8) is 0 Å². The van der Waals surface area contributed by atoms with Gasteiger partial charge in [0.2, 0.25) is 5.91 Å². The van der Waals surface area contributed by atoms with Crippen molar-refractivity contribution >= 4 is 23.4 Å². The maximum Gasteiger partial charge on any atom is 0.261 e. The molecule has 0 aromatic heterocycles. The van der Waals surface area contributed by atoms with E-state index in [4.69, 9.17) is 16.3 Å². The zero-order valence-electron chi connectivity index (χ0n) is 17.3. The van der Waals surface area contributed by atoms with E-state index in [9.17, 15) is 9.59 Å². The number of halogens is 1. The van der Waals surface area contributed by atoms with Crippen molar-refractivity contribution in [3.8, 4) is 5.75 Å². The van der Waals surface area contributed by atoms with Gasteiger partial charge in [0, 0.05) is 18.1 Å². The van der Waals surface area contributed by atoms with Crippen LogP contribution in [0.4, 0.5) is 0 Å². The summed E-state index contributed by atoms with van der Waals surface area (Å²) in [6, 6.07) is 25.3. The molecule has 0 fully saturated rings. The molecule has 0 aliphatic heterocycles. The van der Waals surface area contributed by atoms with E-state index in [2.05, 4.69) is 5.32 Å². The monoisotopic (exact) mass is 436 g/mol. The molecule has 0 aliphatic carbocycles. The molecule has 5 nitrogen and oxygen atoms in total. The lowest BCUT2D eigenvalue weighted by molar-refractivity contribution is -0.142. The Hall–Kier alpha value is -3.31. The third kappa shape index (κ3) is 6.86. The van der Waals surface area contributed by atoms with Gasteiger partial charge in [0.15, 0.2) is 6.61 Å². The molecular formula is C25H25ClN2O3. The fraction of sp³-hybridized carbons (Fsp3) is 0.200. The van der Waals surface area contributed by atoms with E-state index in [0.29, 0.717) is 23.9 Å². The van der Waals surface area contributed by atoms with Gasteiger partial charge in [0.1, 0.15) is 11.8 Å². The summed E-state index contributed by atoms with van der Waals surface area (Å²) in [5.41, 5.74) is 1.87. The van der Waals surface area contributed by atoms with Crippen molar-refractivity contribution in [1.29, 1.82) is 0 Å². The second kappa shape index (κ2) is 11.2. The van der Waals surface area contributed by atoms with E-state index in [0.717, 1.165) is 11.1 Å². The summed E-state index contributed by atoms with van der Waals surface area (Å²) >= 11 is 5.91. The first kappa shape index (κ1) is 22.4. The Labute approximate surface area is 187 Å². The Morgan fingerprint density at radius 2 is 1.52 bits per heavy atom. The quantitative estimate of drug-likeness (QED) is 0.539. The number of para-hydroxylation sites is 1. The van der Waals surface area contributed by atoms with Gasteiger partial charge in [0.05, 0.1) is 0 Å². The van der Waals surface area contributed by atoms with E-state index in [-0.39, 0.29) is 18.4 Å². The van der Waals surface area contributed by atoms with Crippen LogP contribution in [0, 0.1) is 0 Å². The van der Waals surface area contributed by atoms with Crippen molar-refractivity contribution in [2.75, 3.05) is 6.61 Å². The number of nitrogens with zero attached hydrogens (tertiary/aromatic N) is 1. The molecule has 0 radical (unpaired) electrons. The molecule has 0 saturated heterocycles. The molecule has 0 heterocycles. The first-order chi connectivity index (χ1) is 15.0. The Morgan fingerprint density at radius 1 is 0.903 bits per heavy atom. The van der Waals surface area contributed by atoms with E-state index >= 15 is 0 Å². The number of carbonyl (C=O) groups is 2. The summed E-state index contributed by atoms with van der Waals surface area (Å²) in [5.74, 6) is 0.108. The highest BCUT2D eigenvalue weighted by atomic mass is 35.5. The molecule has 3 aromatic carbocycles. The minimum atomic E-state index is -0.667. The van der Waals surface area contributed by atoms with Crippen LogP contribution in [-0.2, 0) is 22.7 Å². The van der Waals surface area contributed by atoms with Gasteiger partial charge in [0.25, 0.3) is 5.91 Å². The second-order valence-corrected chi connectivity index (χ2v) is 7.57. The van der Waals surface area contributed by atoms with E-state index in [1.165, 1.54) is 4.90 Å². The van der Waals surface area contributed by atoms with Crippen LogP contribution in [0.25, 0.3) is 0 Å². The Bertz CT molecular complexity index is 979. The Balaban J connectivity index is 1.66. The number of benzene rings is 3. The molecule has 6 heteroatoms. The molecule has 0 bridgehead atoms. The SMILES string of the molecule is C[C@@H](C(=O)NCc1ccc(Cl)cc1)N(Cc1ccccc1)C(=O)COc1ccccc1. The first-order valence-electron chi connectivity index (χ1n) is 10.1. The van der Waals surface area contributed by atoms with E-state index in [1.54, 1.807) is 31.2 Å².